The third-order valence-corrected chi connectivity index (χ3v) is 2.80. The fourth-order valence-electron chi connectivity index (χ4n) is 0.666. The van der Waals surface area contributed by atoms with Crippen LogP contribution in [0.15, 0.2) is 24.3 Å². The number of rotatable bonds is 1. The van der Waals surface area contributed by atoms with Crippen LogP contribution in [0.4, 0.5) is 0 Å². The van der Waals surface area contributed by atoms with Crippen LogP contribution in [0.5, 0.6) is 0 Å². The van der Waals surface area contributed by atoms with Gasteiger partial charge in [0.25, 0.3) is 0 Å². The number of hydrogen-bond acceptors (Lipinski definition) is 1. The summed E-state index contributed by atoms with van der Waals surface area (Å²) in [5.41, 5.74) is 0.794. The van der Waals surface area contributed by atoms with Crippen molar-refractivity contribution in [1.82, 2.24) is 0 Å². The first-order valence-corrected chi connectivity index (χ1v) is 5.45. The quantitative estimate of drug-likeness (QED) is 0.551. The van der Waals surface area contributed by atoms with Crippen molar-refractivity contribution in [2.75, 3.05) is 0 Å². The van der Waals surface area contributed by atoms with Crippen LogP contribution in [0.2, 0.25) is 0 Å². The van der Waals surface area contributed by atoms with E-state index < -0.39 is 0 Å². The van der Waals surface area contributed by atoms with Crippen LogP contribution in [-0.4, -0.2) is 6.29 Å². The predicted molar refractivity (Wildman–Crippen MR) is 31.5 cm³/mol. The molecule has 0 aromatic heterocycles. The fourth-order valence-corrected chi connectivity index (χ4v) is 2.11. The zero-order chi connectivity index (χ0) is 6.69. The van der Waals surface area contributed by atoms with Crippen LogP contribution >= 0.6 is 0 Å². The van der Waals surface area contributed by atoms with E-state index in [4.69, 9.17) is 0 Å². The Kier molecular flexibility index (Phi) is 2.40. The second-order valence-electron chi connectivity index (χ2n) is 1.86. The Balaban J connectivity index is 3.07. The van der Waals surface area contributed by atoms with Crippen LogP contribution < -0.4 is 3.07 Å². The van der Waals surface area contributed by atoms with Crippen molar-refractivity contribution in [3.63, 3.8) is 0 Å². The molecule has 0 radical (unpaired) electrons. The molecule has 0 aliphatic rings. The van der Waals surface area contributed by atoms with Gasteiger partial charge in [0.05, 0.1) is 0 Å². The van der Waals surface area contributed by atoms with Gasteiger partial charge in [0.15, 0.2) is 0 Å². The summed E-state index contributed by atoms with van der Waals surface area (Å²) in [4.78, 5) is 10.2. The van der Waals surface area contributed by atoms with Crippen LogP contribution in [0.1, 0.15) is 10.4 Å². The Morgan fingerprint density at radius 3 is 2.67 bits per heavy atom. The first kappa shape index (κ1) is 6.94. The van der Waals surface area contributed by atoms with Crippen LogP contribution in [0.3, 0.4) is 0 Å². The van der Waals surface area contributed by atoms with Crippen LogP contribution in [0.25, 0.3) is 0 Å². The molecule has 0 N–H and O–H groups in total. The summed E-state index contributed by atoms with van der Waals surface area (Å²) in [5, 5.41) is 0. The van der Waals surface area contributed by atoms with Crippen LogP contribution in [0, 0.1) is 0 Å². The zero-order valence-electron chi connectivity index (χ0n) is 5.00. The summed E-state index contributed by atoms with van der Waals surface area (Å²) in [6, 6.07) is 7.74. The Morgan fingerprint density at radius 1 is 1.44 bits per heavy atom. The van der Waals surface area contributed by atoms with Crippen molar-refractivity contribution in [1.29, 1.82) is 0 Å². The van der Waals surface area contributed by atoms with Gasteiger partial charge in [-0.3, -0.25) is 0 Å². The van der Waals surface area contributed by atoms with Gasteiger partial charge in [-0.15, -0.1) is 0 Å². The molecule has 0 heterocycles. The molecule has 1 nitrogen and oxygen atoms in total. The van der Waals surface area contributed by atoms with E-state index in [9.17, 15) is 4.79 Å². The van der Waals surface area contributed by atoms with E-state index >= 15 is 0 Å². The molecule has 1 aromatic carbocycles. The Labute approximate surface area is 70.0 Å². The first-order valence-electron chi connectivity index (χ1n) is 2.70. The fraction of sp³-hybridized carbons (Fsp3) is 0. The maximum atomic E-state index is 10.2. The number of carbonyl (C=O) groups excluding carboxylic acids is 1. The second kappa shape index (κ2) is 3.11. The van der Waals surface area contributed by atoms with Crippen molar-refractivity contribution in [3.05, 3.63) is 29.8 Å². The van der Waals surface area contributed by atoms with Gasteiger partial charge in [0.2, 0.25) is 0 Å². The molecule has 9 heavy (non-hydrogen) atoms. The summed E-state index contributed by atoms with van der Waals surface area (Å²) in [7, 11) is 0. The molecule has 0 aliphatic carbocycles. The molecule has 0 aliphatic heterocycles. The molecular formula is C7H5HgO. The SMILES string of the molecule is O=Cc1ccc[c]([Hg])c1. The molecular weight excluding hydrogens is 301 g/mol. The summed E-state index contributed by atoms with van der Waals surface area (Å²) in [5.74, 6) is 0. The summed E-state index contributed by atoms with van der Waals surface area (Å²) < 4.78 is 1.32. The van der Waals surface area contributed by atoms with E-state index in [2.05, 4.69) is 6.07 Å². The number of benzene rings is 1. The third-order valence-electron chi connectivity index (χ3n) is 1.09. The Hall–Kier alpha value is -0.175. The van der Waals surface area contributed by atoms with E-state index in [1.165, 1.54) is 3.07 Å². The normalized spacial score (nSPS) is 9.11. The van der Waals surface area contributed by atoms with Gasteiger partial charge in [-0.1, -0.05) is 0 Å². The maximum absolute atomic E-state index is 10.2. The van der Waals surface area contributed by atoms with Crippen molar-refractivity contribution < 1.29 is 30.9 Å². The minimum atomic E-state index is 0.639. The number of hydrogen-bond donors (Lipinski definition) is 0. The van der Waals surface area contributed by atoms with Crippen molar-refractivity contribution in [2.24, 2.45) is 0 Å². The predicted octanol–water partition coefficient (Wildman–Crippen LogP) is 0.671. The summed E-state index contributed by atoms with van der Waals surface area (Å²) in [6.07, 6.45) is 0.885. The topological polar surface area (TPSA) is 17.1 Å². The zero-order valence-corrected chi connectivity index (χ0v) is 10.5. The molecule has 41 valence electrons. The van der Waals surface area contributed by atoms with Crippen LogP contribution in [-0.2, 0) is 26.1 Å². The molecule has 0 unspecified atom stereocenters. The van der Waals surface area contributed by atoms with E-state index in [0.717, 1.165) is 11.8 Å². The molecule has 0 atom stereocenters. The van der Waals surface area contributed by atoms with Gasteiger partial charge < -0.3 is 0 Å². The van der Waals surface area contributed by atoms with Gasteiger partial charge >= 0.3 is 70.1 Å². The van der Waals surface area contributed by atoms with Gasteiger partial charge in [-0.2, -0.15) is 0 Å². The summed E-state index contributed by atoms with van der Waals surface area (Å²) >= 11 is 0.639. The van der Waals surface area contributed by atoms with E-state index in [-0.39, 0.29) is 0 Å². The third kappa shape index (κ3) is 1.90. The summed E-state index contributed by atoms with van der Waals surface area (Å²) in [6.45, 7) is 0. The molecule has 1 aromatic rings. The number of aldehydes is 1. The van der Waals surface area contributed by atoms with Gasteiger partial charge in [-0.05, 0) is 0 Å². The molecule has 2 heteroatoms. The minimum absolute atomic E-state index is 0.639. The monoisotopic (exact) mass is 307 g/mol. The average Bonchev–Trinajstić information content (AvgIpc) is 1.88. The van der Waals surface area contributed by atoms with Crippen molar-refractivity contribution in [2.45, 2.75) is 0 Å². The van der Waals surface area contributed by atoms with Gasteiger partial charge in [-0.25, -0.2) is 0 Å². The molecule has 0 saturated heterocycles. The van der Waals surface area contributed by atoms with E-state index in [1.807, 2.05) is 18.2 Å². The van der Waals surface area contributed by atoms with Crippen molar-refractivity contribution in [3.8, 4) is 0 Å². The average molecular weight is 306 g/mol. The standard InChI is InChI=1S/C7H5O.Hg/c8-6-7-4-2-1-3-5-7;/h1-2,4-6H;. The molecule has 0 bridgehead atoms. The molecule has 0 fully saturated rings. The molecule has 0 amide bonds. The molecule has 0 spiro atoms. The van der Waals surface area contributed by atoms with Gasteiger partial charge in [0, 0.05) is 0 Å². The second-order valence-corrected chi connectivity index (χ2v) is 5.04. The number of carbonyl (C=O) groups is 1. The van der Waals surface area contributed by atoms with Gasteiger partial charge in [0.1, 0.15) is 0 Å². The molecule has 0 saturated carbocycles. The van der Waals surface area contributed by atoms with Crippen molar-refractivity contribution >= 4 is 9.36 Å². The Morgan fingerprint density at radius 2 is 2.22 bits per heavy atom. The Bertz CT molecular complexity index is 220. The van der Waals surface area contributed by atoms with E-state index in [0.29, 0.717) is 26.1 Å². The first-order chi connectivity index (χ1) is 4.33. The molecule has 1 rings (SSSR count). The van der Waals surface area contributed by atoms with E-state index in [1.54, 1.807) is 0 Å².